The second-order valence-corrected chi connectivity index (χ2v) is 10.8. The van der Waals surface area contributed by atoms with Gasteiger partial charge in [-0.1, -0.05) is 42.5 Å². The van der Waals surface area contributed by atoms with Gasteiger partial charge in [0.2, 0.25) is 10.0 Å². The van der Waals surface area contributed by atoms with Crippen molar-refractivity contribution >= 4 is 16.0 Å². The minimum absolute atomic E-state index is 0.117. The first-order valence-corrected chi connectivity index (χ1v) is 12.6. The summed E-state index contributed by atoms with van der Waals surface area (Å²) >= 11 is 0. The van der Waals surface area contributed by atoms with Crippen LogP contribution in [0.15, 0.2) is 53.5 Å². The van der Waals surface area contributed by atoms with Gasteiger partial charge in [0.05, 0.1) is 6.04 Å². The van der Waals surface area contributed by atoms with Crippen LogP contribution in [-0.4, -0.2) is 33.1 Å². The Morgan fingerprint density at radius 2 is 1.69 bits per heavy atom. The molecule has 4 rings (SSSR count). The van der Waals surface area contributed by atoms with E-state index in [2.05, 4.69) is 15.0 Å². The van der Waals surface area contributed by atoms with Crippen molar-refractivity contribution in [2.75, 3.05) is 13.1 Å². The maximum absolute atomic E-state index is 14.1. The summed E-state index contributed by atoms with van der Waals surface area (Å²) in [5, 5.41) is 2.46. The zero-order valence-electron chi connectivity index (χ0n) is 18.6. The van der Waals surface area contributed by atoms with Crippen molar-refractivity contribution in [2.24, 2.45) is 4.99 Å². The number of halogens is 1. The third kappa shape index (κ3) is 4.66. The van der Waals surface area contributed by atoms with E-state index in [0.29, 0.717) is 17.0 Å². The molecule has 2 heterocycles. The molecule has 0 spiro atoms. The minimum atomic E-state index is -3.82. The Labute approximate surface area is 189 Å². The number of sulfonamides is 1. The molecule has 0 amide bonds. The smallest absolute Gasteiger partial charge is 0.299 e. The molecule has 0 aromatic heterocycles. The third-order valence-corrected chi connectivity index (χ3v) is 8.17. The molecule has 2 N–H and O–H groups in total. The molecule has 2 unspecified atom stereocenters. The van der Waals surface area contributed by atoms with Crippen molar-refractivity contribution in [1.29, 1.82) is 0 Å². The first-order valence-electron chi connectivity index (χ1n) is 11.0. The van der Waals surface area contributed by atoms with Crippen LogP contribution in [0.5, 0.6) is 0 Å². The van der Waals surface area contributed by atoms with Gasteiger partial charge in [-0.15, -0.1) is 0 Å². The zero-order valence-corrected chi connectivity index (χ0v) is 19.5. The van der Waals surface area contributed by atoms with Crippen LogP contribution in [0.25, 0.3) is 0 Å². The van der Waals surface area contributed by atoms with E-state index < -0.39 is 32.7 Å². The Kier molecular flexibility index (Phi) is 6.27. The van der Waals surface area contributed by atoms with Gasteiger partial charge in [0.25, 0.3) is 6.02 Å². The Morgan fingerprint density at radius 1 is 1.06 bits per heavy atom. The molecule has 0 bridgehead atoms. The predicted octanol–water partition coefficient (Wildman–Crippen LogP) is 4.18. The molecule has 2 saturated heterocycles. The number of piperidine rings is 1. The number of nitrogens with one attached hydrogen (secondary N) is 2. The van der Waals surface area contributed by atoms with Gasteiger partial charge in [0.15, 0.2) is 0 Å². The third-order valence-electron chi connectivity index (χ3n) is 6.25. The Balaban J connectivity index is 1.58. The Morgan fingerprint density at radius 3 is 2.31 bits per heavy atom. The van der Waals surface area contributed by atoms with Gasteiger partial charge in [-0.25, -0.2) is 22.5 Å². The average Bonchev–Trinajstić information content (AvgIpc) is 2.73. The van der Waals surface area contributed by atoms with Gasteiger partial charge in [-0.3, -0.25) is 0 Å². The molecule has 2 aliphatic heterocycles. The summed E-state index contributed by atoms with van der Waals surface area (Å²) in [4.78, 5) is 4.32. The van der Waals surface area contributed by atoms with E-state index in [1.807, 2.05) is 24.3 Å². The molecule has 2 aromatic rings. The van der Waals surface area contributed by atoms with Crippen molar-refractivity contribution in [2.45, 2.75) is 56.4 Å². The number of nitrogens with zero attached hydrogens (tertiary/aromatic N) is 1. The Bertz CT molecular complexity index is 1090. The quantitative estimate of drug-likeness (QED) is 0.719. The molecule has 172 valence electrons. The number of hydrogen-bond donors (Lipinski definition) is 2. The van der Waals surface area contributed by atoms with Gasteiger partial charge < -0.3 is 10.1 Å². The number of rotatable bonds is 4. The van der Waals surface area contributed by atoms with Crippen LogP contribution in [0.1, 0.15) is 67.5 Å². The lowest BCUT2D eigenvalue weighted by molar-refractivity contribution is 0.0761. The van der Waals surface area contributed by atoms with Gasteiger partial charge in [0.1, 0.15) is 16.7 Å². The van der Waals surface area contributed by atoms with Gasteiger partial charge in [-0.2, -0.15) is 0 Å². The molecular weight excluding hydrogens is 429 g/mol. The molecule has 2 atom stereocenters. The average molecular weight is 460 g/mol. The highest BCUT2D eigenvalue weighted by Gasteiger charge is 2.48. The van der Waals surface area contributed by atoms with E-state index >= 15 is 0 Å². The highest BCUT2D eigenvalue weighted by atomic mass is 32.2. The maximum atomic E-state index is 14.1. The molecule has 2 aromatic carbocycles. The monoisotopic (exact) mass is 459 g/mol. The normalized spacial score (nSPS) is 25.0. The number of aliphatic imine (C=N–C) groups is 1. The summed E-state index contributed by atoms with van der Waals surface area (Å²) in [5.41, 5.74) is 1.21. The van der Waals surface area contributed by atoms with E-state index in [-0.39, 0.29) is 6.02 Å². The van der Waals surface area contributed by atoms with Gasteiger partial charge >= 0.3 is 0 Å². The van der Waals surface area contributed by atoms with Gasteiger partial charge in [0, 0.05) is 5.56 Å². The summed E-state index contributed by atoms with van der Waals surface area (Å²) in [6, 6.07) is 13.4. The molecule has 6 nitrogen and oxygen atoms in total. The summed E-state index contributed by atoms with van der Waals surface area (Å²) < 4.78 is 49.0. The molecule has 8 heteroatoms. The van der Waals surface area contributed by atoms with E-state index in [1.165, 1.54) is 11.6 Å². The van der Waals surface area contributed by atoms with Crippen molar-refractivity contribution in [3.8, 4) is 0 Å². The SMILES string of the molecule is CC(N=C1NS(=O)(=O)C(c2ccc(C3CCNCC3)cc2)C(C)(C)O1)c1ccccc1F. The molecule has 2 aliphatic rings. The summed E-state index contributed by atoms with van der Waals surface area (Å²) in [6.45, 7) is 7.17. The zero-order chi connectivity index (χ0) is 22.9. The second kappa shape index (κ2) is 8.83. The van der Waals surface area contributed by atoms with E-state index in [9.17, 15) is 12.8 Å². The molecular formula is C24H30FN3O3S. The van der Waals surface area contributed by atoms with Crippen LogP contribution >= 0.6 is 0 Å². The fourth-order valence-corrected chi connectivity index (χ4v) is 6.44. The number of hydrogen-bond acceptors (Lipinski definition) is 5. The topological polar surface area (TPSA) is 79.8 Å². The summed E-state index contributed by atoms with van der Waals surface area (Å²) in [6.07, 6.45) is 2.16. The molecule has 0 aliphatic carbocycles. The van der Waals surface area contributed by atoms with Crippen LogP contribution in [0.2, 0.25) is 0 Å². The lowest BCUT2D eigenvalue weighted by Gasteiger charge is -2.39. The summed E-state index contributed by atoms with van der Waals surface area (Å²) in [5.74, 6) is 0.100. The van der Waals surface area contributed by atoms with Crippen molar-refractivity contribution in [3.63, 3.8) is 0 Å². The van der Waals surface area contributed by atoms with Crippen molar-refractivity contribution in [1.82, 2.24) is 10.0 Å². The lowest BCUT2D eigenvalue weighted by atomic mass is 9.88. The molecule has 0 saturated carbocycles. The van der Waals surface area contributed by atoms with Crippen LogP contribution < -0.4 is 10.0 Å². The standard InChI is InChI=1S/C24H30FN3O3S/c1-16(20-6-4-5-7-21(20)25)27-23-28-32(29,30)22(24(2,3)31-23)19-10-8-17(9-11-19)18-12-14-26-15-13-18/h4-11,16,18,22,26H,12-15H2,1-3H3,(H,27,28). The minimum Gasteiger partial charge on any atom is -0.457 e. The van der Waals surface area contributed by atoms with Crippen molar-refractivity contribution < 1.29 is 17.5 Å². The van der Waals surface area contributed by atoms with E-state index in [1.54, 1.807) is 39.0 Å². The van der Waals surface area contributed by atoms with E-state index in [0.717, 1.165) is 25.9 Å². The van der Waals surface area contributed by atoms with Crippen LogP contribution in [0, 0.1) is 5.82 Å². The number of benzene rings is 2. The lowest BCUT2D eigenvalue weighted by Crippen LogP contribution is -2.53. The fourth-order valence-electron chi connectivity index (χ4n) is 4.67. The van der Waals surface area contributed by atoms with Crippen LogP contribution in [0.3, 0.4) is 0 Å². The number of amidine groups is 1. The molecule has 2 fully saturated rings. The summed E-state index contributed by atoms with van der Waals surface area (Å²) in [7, 11) is -3.82. The van der Waals surface area contributed by atoms with Gasteiger partial charge in [-0.05, 0) is 69.8 Å². The number of ether oxygens (including phenoxy) is 1. The highest BCUT2D eigenvalue weighted by Crippen LogP contribution is 2.39. The highest BCUT2D eigenvalue weighted by molar-refractivity contribution is 7.90. The van der Waals surface area contributed by atoms with Crippen LogP contribution in [-0.2, 0) is 14.8 Å². The predicted molar refractivity (Wildman–Crippen MR) is 123 cm³/mol. The largest absolute Gasteiger partial charge is 0.457 e. The first kappa shape index (κ1) is 22.7. The van der Waals surface area contributed by atoms with E-state index in [4.69, 9.17) is 4.74 Å². The molecule has 32 heavy (non-hydrogen) atoms. The first-order chi connectivity index (χ1) is 15.2. The van der Waals surface area contributed by atoms with Crippen molar-refractivity contribution in [3.05, 3.63) is 71.0 Å². The Hall–Kier alpha value is -2.45. The fraction of sp³-hybridized carbons (Fsp3) is 0.458. The molecule has 0 radical (unpaired) electrons. The second-order valence-electron chi connectivity index (χ2n) is 9.06. The van der Waals surface area contributed by atoms with Crippen LogP contribution in [0.4, 0.5) is 4.39 Å². The maximum Gasteiger partial charge on any atom is 0.299 e.